The zero-order valence-electron chi connectivity index (χ0n) is 13.1. The Morgan fingerprint density at radius 1 is 1.09 bits per heavy atom. The van der Waals surface area contributed by atoms with E-state index in [0.29, 0.717) is 6.07 Å². The smallest absolute Gasteiger partial charge is 0.416 e. The van der Waals surface area contributed by atoms with Gasteiger partial charge < -0.3 is 15.2 Å². The number of alkyl carbamates (subject to hydrolysis) is 1. The molecule has 0 aromatic heterocycles. The van der Waals surface area contributed by atoms with Crippen LogP contribution in [0.15, 0.2) is 24.3 Å². The van der Waals surface area contributed by atoms with Gasteiger partial charge in [0, 0.05) is 0 Å². The molecule has 0 spiro atoms. The first-order valence-corrected chi connectivity index (χ1v) is 6.68. The van der Waals surface area contributed by atoms with Gasteiger partial charge in [-0.2, -0.15) is 13.2 Å². The number of carboxylic acids is 1. The number of benzene rings is 1. The lowest BCUT2D eigenvalue weighted by Gasteiger charge is -2.29. The summed E-state index contributed by atoms with van der Waals surface area (Å²) in [6, 6.07) is 3.78. The maximum absolute atomic E-state index is 12.8. The number of rotatable bonds is 3. The highest BCUT2D eigenvalue weighted by Crippen LogP contribution is 2.32. The van der Waals surface area contributed by atoms with Crippen molar-refractivity contribution in [1.29, 1.82) is 0 Å². The molecule has 0 saturated heterocycles. The number of ether oxygens (including phenoxy) is 1. The number of carbonyl (C=O) groups excluding carboxylic acids is 1. The van der Waals surface area contributed by atoms with Crippen LogP contribution in [0.3, 0.4) is 0 Å². The molecule has 0 saturated carbocycles. The predicted octanol–water partition coefficient (Wildman–Crippen LogP) is 3.53. The topological polar surface area (TPSA) is 75.6 Å². The van der Waals surface area contributed by atoms with Crippen LogP contribution in [0.4, 0.5) is 18.0 Å². The SMILES string of the molecule is CC(C)(C)OC(=O)NC(C)(C(=O)O)c1cccc(C(F)(F)F)c1. The largest absolute Gasteiger partial charge is 0.479 e. The maximum atomic E-state index is 12.8. The van der Waals surface area contributed by atoms with E-state index >= 15 is 0 Å². The molecule has 8 heteroatoms. The van der Waals surface area contributed by atoms with Crippen molar-refractivity contribution >= 4 is 12.1 Å². The minimum Gasteiger partial charge on any atom is -0.479 e. The number of halogens is 3. The fourth-order valence-electron chi connectivity index (χ4n) is 1.76. The molecule has 1 aromatic rings. The summed E-state index contributed by atoms with van der Waals surface area (Å²) in [5, 5.41) is 11.5. The minimum absolute atomic E-state index is 0.217. The van der Waals surface area contributed by atoms with Crippen LogP contribution in [0, 0.1) is 0 Å². The zero-order valence-corrected chi connectivity index (χ0v) is 13.1. The Kier molecular flexibility index (Phi) is 4.98. The Hall–Kier alpha value is -2.25. The van der Waals surface area contributed by atoms with E-state index in [1.165, 1.54) is 6.07 Å². The predicted molar refractivity (Wildman–Crippen MR) is 75.8 cm³/mol. The molecule has 1 atom stereocenters. The minimum atomic E-state index is -4.62. The molecule has 0 aliphatic heterocycles. The summed E-state index contributed by atoms with van der Waals surface area (Å²) in [7, 11) is 0. The van der Waals surface area contributed by atoms with Gasteiger partial charge in [0.25, 0.3) is 0 Å². The second-order valence-corrected chi connectivity index (χ2v) is 6.14. The first-order chi connectivity index (χ1) is 10.3. The standard InChI is InChI=1S/C15H18F3NO4/c1-13(2,3)23-12(22)19-14(4,11(20)21)9-6-5-7-10(8-9)15(16,17)18/h5-8H,1-4H3,(H,19,22)(H,20,21). The van der Waals surface area contributed by atoms with Crippen LogP contribution >= 0.6 is 0 Å². The van der Waals surface area contributed by atoms with Crippen molar-refractivity contribution in [1.82, 2.24) is 5.32 Å². The monoisotopic (exact) mass is 333 g/mol. The Balaban J connectivity index is 3.20. The van der Waals surface area contributed by atoms with Crippen molar-refractivity contribution in [3.05, 3.63) is 35.4 Å². The van der Waals surface area contributed by atoms with Gasteiger partial charge in [-0.15, -0.1) is 0 Å². The van der Waals surface area contributed by atoms with Crippen LogP contribution < -0.4 is 5.32 Å². The highest BCUT2D eigenvalue weighted by Gasteiger charge is 2.40. The molecule has 1 rings (SSSR count). The molecule has 0 radical (unpaired) electrons. The molecular weight excluding hydrogens is 315 g/mol. The van der Waals surface area contributed by atoms with Crippen LogP contribution in [0.1, 0.15) is 38.8 Å². The van der Waals surface area contributed by atoms with Crippen LogP contribution in [0.5, 0.6) is 0 Å². The molecule has 23 heavy (non-hydrogen) atoms. The van der Waals surface area contributed by atoms with Crippen LogP contribution in [0.25, 0.3) is 0 Å². The number of hydrogen-bond acceptors (Lipinski definition) is 3. The first-order valence-electron chi connectivity index (χ1n) is 6.68. The second-order valence-electron chi connectivity index (χ2n) is 6.14. The fraction of sp³-hybridized carbons (Fsp3) is 0.467. The van der Waals surface area contributed by atoms with Gasteiger partial charge in [0.1, 0.15) is 5.60 Å². The molecule has 5 nitrogen and oxygen atoms in total. The number of nitrogens with one attached hydrogen (secondary N) is 1. The Labute approximate surface area is 131 Å². The molecular formula is C15H18F3NO4. The van der Waals surface area contributed by atoms with E-state index in [2.05, 4.69) is 5.32 Å². The van der Waals surface area contributed by atoms with E-state index in [0.717, 1.165) is 19.1 Å². The molecule has 0 heterocycles. The average molecular weight is 333 g/mol. The summed E-state index contributed by atoms with van der Waals surface area (Å²) in [5.74, 6) is -1.51. The maximum Gasteiger partial charge on any atom is 0.416 e. The van der Waals surface area contributed by atoms with E-state index in [4.69, 9.17) is 4.74 Å². The molecule has 0 bridgehead atoms. The fourth-order valence-corrected chi connectivity index (χ4v) is 1.76. The van der Waals surface area contributed by atoms with Crippen molar-refractivity contribution in [3.8, 4) is 0 Å². The van der Waals surface area contributed by atoms with Crippen molar-refractivity contribution < 1.29 is 32.6 Å². The van der Waals surface area contributed by atoms with Gasteiger partial charge >= 0.3 is 18.2 Å². The number of carbonyl (C=O) groups is 2. The van der Waals surface area contributed by atoms with Crippen molar-refractivity contribution in [3.63, 3.8) is 0 Å². The summed E-state index contributed by atoms with van der Waals surface area (Å²) in [5.41, 5.74) is -4.17. The summed E-state index contributed by atoms with van der Waals surface area (Å²) in [6.07, 6.45) is -5.67. The summed E-state index contributed by atoms with van der Waals surface area (Å²) in [6.45, 7) is 5.83. The second kappa shape index (κ2) is 6.10. The molecule has 2 N–H and O–H groups in total. The van der Waals surface area contributed by atoms with Crippen molar-refractivity contribution in [2.45, 2.75) is 45.0 Å². The number of amides is 1. The molecule has 0 fully saturated rings. The van der Waals surface area contributed by atoms with E-state index < -0.39 is 34.9 Å². The van der Waals surface area contributed by atoms with Crippen LogP contribution in [0.2, 0.25) is 0 Å². The zero-order chi connectivity index (χ0) is 18.1. The van der Waals surface area contributed by atoms with E-state index in [-0.39, 0.29) is 5.56 Å². The van der Waals surface area contributed by atoms with Crippen LogP contribution in [-0.4, -0.2) is 22.8 Å². The molecule has 0 aliphatic carbocycles. The lowest BCUT2D eigenvalue weighted by molar-refractivity contribution is -0.145. The number of carboxylic acid groups (broad SMARTS) is 1. The number of hydrogen-bond donors (Lipinski definition) is 2. The van der Waals surface area contributed by atoms with Gasteiger partial charge in [0.2, 0.25) is 0 Å². The van der Waals surface area contributed by atoms with Gasteiger partial charge in [-0.05, 0) is 45.4 Å². The van der Waals surface area contributed by atoms with E-state index in [1.54, 1.807) is 20.8 Å². The third kappa shape index (κ3) is 4.87. The Morgan fingerprint density at radius 3 is 2.04 bits per heavy atom. The van der Waals surface area contributed by atoms with Gasteiger partial charge in [-0.3, -0.25) is 0 Å². The third-order valence-corrected chi connectivity index (χ3v) is 2.95. The summed E-state index contributed by atoms with van der Waals surface area (Å²) >= 11 is 0. The van der Waals surface area contributed by atoms with Crippen molar-refractivity contribution in [2.75, 3.05) is 0 Å². The lowest BCUT2D eigenvalue weighted by atomic mass is 9.91. The lowest BCUT2D eigenvalue weighted by Crippen LogP contribution is -2.51. The van der Waals surface area contributed by atoms with E-state index in [9.17, 15) is 27.9 Å². The molecule has 128 valence electrons. The number of aliphatic carboxylic acids is 1. The third-order valence-electron chi connectivity index (χ3n) is 2.95. The Bertz CT molecular complexity index is 607. The molecule has 1 amide bonds. The molecule has 1 aromatic carbocycles. The van der Waals surface area contributed by atoms with E-state index in [1.807, 2.05) is 0 Å². The van der Waals surface area contributed by atoms with Gasteiger partial charge in [-0.1, -0.05) is 12.1 Å². The van der Waals surface area contributed by atoms with Crippen molar-refractivity contribution in [2.24, 2.45) is 0 Å². The average Bonchev–Trinajstić information content (AvgIpc) is 2.35. The highest BCUT2D eigenvalue weighted by atomic mass is 19.4. The molecule has 0 aliphatic rings. The molecule has 1 unspecified atom stereocenters. The van der Waals surface area contributed by atoms with Gasteiger partial charge in [-0.25, -0.2) is 9.59 Å². The quantitative estimate of drug-likeness (QED) is 0.887. The van der Waals surface area contributed by atoms with Crippen LogP contribution in [-0.2, 0) is 21.2 Å². The Morgan fingerprint density at radius 2 is 1.61 bits per heavy atom. The normalized spacial score (nSPS) is 14.7. The highest BCUT2D eigenvalue weighted by molar-refractivity contribution is 5.85. The first kappa shape index (κ1) is 18.8. The van der Waals surface area contributed by atoms with Gasteiger partial charge in [0.05, 0.1) is 5.56 Å². The summed E-state index contributed by atoms with van der Waals surface area (Å²) in [4.78, 5) is 23.3. The summed E-state index contributed by atoms with van der Waals surface area (Å²) < 4.78 is 43.3. The van der Waals surface area contributed by atoms with Gasteiger partial charge in [0.15, 0.2) is 5.54 Å². The number of alkyl halides is 3.